The van der Waals surface area contributed by atoms with Gasteiger partial charge in [0.05, 0.1) is 36.2 Å². The van der Waals surface area contributed by atoms with E-state index in [1.165, 1.54) is 23.0 Å². The monoisotopic (exact) mass is 296 g/mol. The summed E-state index contributed by atoms with van der Waals surface area (Å²) in [6.07, 6.45) is -2.97. The highest BCUT2D eigenvalue weighted by Gasteiger charge is 2.33. The Labute approximate surface area is 117 Å². The van der Waals surface area contributed by atoms with Gasteiger partial charge in [-0.2, -0.15) is 18.3 Å². The second-order valence-corrected chi connectivity index (χ2v) is 4.63. The Bertz CT molecular complexity index is 693. The number of alkyl halides is 3. The summed E-state index contributed by atoms with van der Waals surface area (Å²) in [7, 11) is 0. The van der Waals surface area contributed by atoms with Crippen molar-refractivity contribution in [3.8, 4) is 0 Å². The SMILES string of the molecule is O=C1NCc2c(cnn2Cc2ccccc2C(F)(F)F)N1. The van der Waals surface area contributed by atoms with Crippen molar-refractivity contribution in [2.75, 3.05) is 5.32 Å². The van der Waals surface area contributed by atoms with Crippen LogP contribution in [0.1, 0.15) is 16.8 Å². The van der Waals surface area contributed by atoms with Crippen molar-refractivity contribution >= 4 is 11.7 Å². The first-order valence-electron chi connectivity index (χ1n) is 6.20. The summed E-state index contributed by atoms with van der Waals surface area (Å²) >= 11 is 0. The zero-order valence-electron chi connectivity index (χ0n) is 10.7. The molecule has 0 fully saturated rings. The topological polar surface area (TPSA) is 59.0 Å². The van der Waals surface area contributed by atoms with E-state index >= 15 is 0 Å². The van der Waals surface area contributed by atoms with Gasteiger partial charge in [-0.05, 0) is 11.6 Å². The van der Waals surface area contributed by atoms with Crippen molar-refractivity contribution in [2.45, 2.75) is 19.3 Å². The molecule has 8 heteroatoms. The van der Waals surface area contributed by atoms with Crippen LogP contribution in [0.3, 0.4) is 0 Å². The first-order valence-corrected chi connectivity index (χ1v) is 6.20. The highest BCUT2D eigenvalue weighted by molar-refractivity contribution is 5.91. The Hall–Kier alpha value is -2.51. The van der Waals surface area contributed by atoms with Gasteiger partial charge in [0.15, 0.2) is 0 Å². The molecule has 2 amide bonds. The highest BCUT2D eigenvalue weighted by atomic mass is 19.4. The molecule has 2 N–H and O–H groups in total. The molecule has 0 spiro atoms. The number of hydrogen-bond donors (Lipinski definition) is 2. The van der Waals surface area contributed by atoms with Gasteiger partial charge in [-0.15, -0.1) is 0 Å². The van der Waals surface area contributed by atoms with Gasteiger partial charge in [-0.1, -0.05) is 18.2 Å². The summed E-state index contributed by atoms with van der Waals surface area (Å²) < 4.78 is 40.4. The number of benzene rings is 1. The van der Waals surface area contributed by atoms with Crippen LogP contribution in [-0.4, -0.2) is 15.8 Å². The zero-order chi connectivity index (χ0) is 15.0. The molecule has 1 aromatic heterocycles. The Balaban J connectivity index is 1.94. The standard InChI is InChI=1S/C13H11F3N4O/c14-13(15,16)9-4-2-1-3-8(9)7-20-11-6-17-12(21)19-10(11)5-18-20/h1-5H,6-7H2,(H2,17,19,21). The van der Waals surface area contributed by atoms with Crippen LogP contribution in [0.25, 0.3) is 0 Å². The van der Waals surface area contributed by atoms with Crippen LogP contribution in [0.5, 0.6) is 0 Å². The third-order valence-electron chi connectivity index (χ3n) is 3.26. The minimum absolute atomic E-state index is 0.0113. The van der Waals surface area contributed by atoms with E-state index in [0.29, 0.717) is 11.4 Å². The van der Waals surface area contributed by atoms with Gasteiger partial charge in [0.25, 0.3) is 0 Å². The lowest BCUT2D eigenvalue weighted by atomic mass is 10.1. The lowest BCUT2D eigenvalue weighted by molar-refractivity contribution is -0.138. The van der Waals surface area contributed by atoms with Gasteiger partial charge in [0.1, 0.15) is 0 Å². The second kappa shape index (κ2) is 4.80. The second-order valence-electron chi connectivity index (χ2n) is 4.63. The first kappa shape index (κ1) is 13.5. The number of hydrogen-bond acceptors (Lipinski definition) is 2. The number of nitrogens with zero attached hydrogens (tertiary/aromatic N) is 2. The average molecular weight is 296 g/mol. The van der Waals surface area contributed by atoms with Gasteiger partial charge in [-0.3, -0.25) is 4.68 Å². The van der Waals surface area contributed by atoms with E-state index in [2.05, 4.69) is 15.7 Å². The number of rotatable bonds is 2. The molecule has 0 atom stereocenters. The number of fused-ring (bicyclic) bond motifs is 1. The summed E-state index contributed by atoms with van der Waals surface area (Å²) in [5, 5.41) is 9.16. The number of aromatic nitrogens is 2. The fraction of sp³-hybridized carbons (Fsp3) is 0.231. The smallest absolute Gasteiger partial charge is 0.332 e. The minimum atomic E-state index is -4.41. The minimum Gasteiger partial charge on any atom is -0.332 e. The van der Waals surface area contributed by atoms with Crippen molar-refractivity contribution in [3.05, 3.63) is 47.3 Å². The molecule has 0 bridgehead atoms. The van der Waals surface area contributed by atoms with Crippen molar-refractivity contribution in [1.82, 2.24) is 15.1 Å². The van der Waals surface area contributed by atoms with Crippen molar-refractivity contribution in [3.63, 3.8) is 0 Å². The predicted molar refractivity (Wildman–Crippen MR) is 68.6 cm³/mol. The predicted octanol–water partition coefficient (Wildman–Crippen LogP) is 2.59. The van der Waals surface area contributed by atoms with Crippen molar-refractivity contribution < 1.29 is 18.0 Å². The van der Waals surface area contributed by atoms with Crippen molar-refractivity contribution in [1.29, 1.82) is 0 Å². The average Bonchev–Trinajstić information content (AvgIpc) is 2.80. The summed E-state index contributed by atoms with van der Waals surface area (Å²) in [4.78, 5) is 11.2. The highest BCUT2D eigenvalue weighted by Crippen LogP contribution is 2.32. The molecule has 1 aliphatic rings. The molecule has 2 heterocycles. The van der Waals surface area contributed by atoms with Gasteiger partial charge < -0.3 is 10.6 Å². The van der Waals surface area contributed by atoms with Crippen LogP contribution in [0, 0.1) is 0 Å². The van der Waals surface area contributed by atoms with Crippen LogP contribution in [0.4, 0.5) is 23.7 Å². The largest absolute Gasteiger partial charge is 0.416 e. The molecule has 5 nitrogen and oxygen atoms in total. The number of amides is 2. The van der Waals surface area contributed by atoms with E-state index in [0.717, 1.165) is 6.07 Å². The lowest BCUT2D eigenvalue weighted by Gasteiger charge is -2.17. The molecule has 1 aromatic carbocycles. The van der Waals surface area contributed by atoms with E-state index in [-0.39, 0.29) is 24.7 Å². The molecule has 110 valence electrons. The number of anilines is 1. The summed E-state index contributed by atoms with van der Waals surface area (Å²) in [6, 6.07) is 5.03. The summed E-state index contributed by atoms with van der Waals surface area (Å²) in [5.74, 6) is 0. The Kier molecular flexibility index (Phi) is 3.08. The molecule has 21 heavy (non-hydrogen) atoms. The fourth-order valence-electron chi connectivity index (χ4n) is 2.26. The molecular weight excluding hydrogens is 285 g/mol. The van der Waals surface area contributed by atoms with Crippen LogP contribution >= 0.6 is 0 Å². The quantitative estimate of drug-likeness (QED) is 0.895. The number of nitrogens with one attached hydrogen (secondary N) is 2. The number of urea groups is 1. The maximum absolute atomic E-state index is 13.0. The van der Waals surface area contributed by atoms with Gasteiger partial charge in [-0.25, -0.2) is 4.79 Å². The van der Waals surface area contributed by atoms with E-state index in [1.807, 2.05) is 0 Å². The Morgan fingerprint density at radius 2 is 2.05 bits per heavy atom. The molecule has 2 aromatic rings. The summed E-state index contributed by atoms with van der Waals surface area (Å²) in [5.41, 5.74) is 0.615. The maximum Gasteiger partial charge on any atom is 0.416 e. The molecule has 1 aliphatic heterocycles. The molecule has 0 saturated heterocycles. The zero-order valence-corrected chi connectivity index (χ0v) is 10.7. The molecular formula is C13H11F3N4O. The summed E-state index contributed by atoms with van der Waals surface area (Å²) in [6.45, 7) is 0.220. The van der Waals surface area contributed by atoms with E-state index in [1.54, 1.807) is 6.07 Å². The number of halogens is 3. The molecule has 0 saturated carbocycles. The van der Waals surface area contributed by atoms with Crippen LogP contribution in [0.15, 0.2) is 30.5 Å². The van der Waals surface area contributed by atoms with E-state index < -0.39 is 11.7 Å². The lowest BCUT2D eigenvalue weighted by Crippen LogP contribution is -2.34. The van der Waals surface area contributed by atoms with E-state index in [9.17, 15) is 18.0 Å². The van der Waals surface area contributed by atoms with Gasteiger partial charge in [0.2, 0.25) is 0 Å². The molecule has 0 aliphatic carbocycles. The number of carbonyl (C=O) groups excluding carboxylic acids is 1. The maximum atomic E-state index is 13.0. The van der Waals surface area contributed by atoms with Crippen LogP contribution in [-0.2, 0) is 19.3 Å². The molecule has 3 rings (SSSR count). The normalized spacial score (nSPS) is 14.3. The van der Waals surface area contributed by atoms with Crippen LogP contribution < -0.4 is 10.6 Å². The Morgan fingerprint density at radius 3 is 2.81 bits per heavy atom. The third kappa shape index (κ3) is 2.56. The van der Waals surface area contributed by atoms with Crippen molar-refractivity contribution in [2.24, 2.45) is 0 Å². The van der Waals surface area contributed by atoms with Crippen LogP contribution in [0.2, 0.25) is 0 Å². The molecule has 0 unspecified atom stereocenters. The third-order valence-corrected chi connectivity index (χ3v) is 3.26. The first-order chi connectivity index (χ1) is 9.95. The Morgan fingerprint density at radius 1 is 1.29 bits per heavy atom. The van der Waals surface area contributed by atoms with E-state index in [4.69, 9.17) is 0 Å². The number of carbonyl (C=O) groups is 1. The van der Waals surface area contributed by atoms with Gasteiger partial charge >= 0.3 is 12.2 Å². The van der Waals surface area contributed by atoms with Gasteiger partial charge in [0, 0.05) is 0 Å². The molecule has 0 radical (unpaired) electrons. The fourth-order valence-corrected chi connectivity index (χ4v) is 2.26.